The Labute approximate surface area is 91.1 Å². The lowest BCUT2D eigenvalue weighted by atomic mass is 10.2. The van der Waals surface area contributed by atoms with Gasteiger partial charge in [-0.1, -0.05) is 0 Å². The second-order valence-corrected chi connectivity index (χ2v) is 3.60. The lowest BCUT2D eigenvalue weighted by molar-refractivity contribution is -0.201. The fourth-order valence-corrected chi connectivity index (χ4v) is 1.28. The van der Waals surface area contributed by atoms with E-state index in [4.69, 9.17) is 5.11 Å². The maximum absolute atomic E-state index is 12.0. The second kappa shape index (κ2) is 4.84. The molecule has 1 atom stereocenters. The summed E-state index contributed by atoms with van der Waals surface area (Å²) in [6.07, 6.45) is -5.18. The van der Waals surface area contributed by atoms with Crippen LogP contribution in [0.15, 0.2) is 6.20 Å². The number of aliphatic hydroxyl groups excluding tert-OH is 1. The zero-order valence-electron chi connectivity index (χ0n) is 9.04. The summed E-state index contributed by atoms with van der Waals surface area (Å²) in [6.45, 7) is 1.52. The summed E-state index contributed by atoms with van der Waals surface area (Å²) in [5.41, 5.74) is 1.58. The Hall–Kier alpha value is -1.08. The Morgan fingerprint density at radius 2 is 2.19 bits per heavy atom. The Balaban J connectivity index is 2.39. The first kappa shape index (κ1) is 13.0. The van der Waals surface area contributed by atoms with E-state index in [1.54, 1.807) is 24.9 Å². The third kappa shape index (κ3) is 3.49. The van der Waals surface area contributed by atoms with Crippen molar-refractivity contribution in [1.82, 2.24) is 15.1 Å². The highest BCUT2D eigenvalue weighted by Gasteiger charge is 2.37. The molecule has 2 N–H and O–H groups in total. The molecule has 0 aromatic carbocycles. The molecular weight excluding hydrogens is 223 g/mol. The average molecular weight is 237 g/mol. The van der Waals surface area contributed by atoms with Gasteiger partial charge in [0.1, 0.15) is 0 Å². The lowest BCUT2D eigenvalue weighted by Crippen LogP contribution is -2.38. The zero-order valence-corrected chi connectivity index (χ0v) is 9.04. The topological polar surface area (TPSA) is 50.1 Å². The smallest absolute Gasteiger partial charge is 0.382 e. The van der Waals surface area contributed by atoms with Gasteiger partial charge in [0.25, 0.3) is 0 Å². The van der Waals surface area contributed by atoms with E-state index in [0.717, 1.165) is 11.3 Å². The fourth-order valence-electron chi connectivity index (χ4n) is 1.28. The van der Waals surface area contributed by atoms with Crippen molar-refractivity contribution in [2.45, 2.75) is 25.7 Å². The van der Waals surface area contributed by atoms with Gasteiger partial charge in [0, 0.05) is 31.9 Å². The van der Waals surface area contributed by atoms with Crippen LogP contribution in [0.5, 0.6) is 0 Å². The molecule has 1 heterocycles. The predicted octanol–water partition coefficient (Wildman–Crippen LogP) is 0.741. The minimum absolute atomic E-state index is 0.257. The first-order valence-electron chi connectivity index (χ1n) is 4.75. The number of aliphatic hydroxyl groups is 1. The number of aromatic nitrogens is 2. The molecule has 0 aliphatic carbocycles. The van der Waals surface area contributed by atoms with Gasteiger partial charge < -0.3 is 10.4 Å². The highest BCUT2D eigenvalue weighted by atomic mass is 19.4. The minimum Gasteiger partial charge on any atom is -0.382 e. The van der Waals surface area contributed by atoms with E-state index in [-0.39, 0.29) is 6.54 Å². The van der Waals surface area contributed by atoms with Crippen molar-refractivity contribution >= 4 is 0 Å². The van der Waals surface area contributed by atoms with Gasteiger partial charge in [-0.25, -0.2) is 0 Å². The number of alkyl halides is 3. The third-order valence-electron chi connectivity index (χ3n) is 2.15. The number of rotatable bonds is 4. The van der Waals surface area contributed by atoms with Crippen LogP contribution in [0.3, 0.4) is 0 Å². The quantitative estimate of drug-likeness (QED) is 0.812. The summed E-state index contributed by atoms with van der Waals surface area (Å²) in [4.78, 5) is 0. The van der Waals surface area contributed by atoms with Gasteiger partial charge in [-0.15, -0.1) is 0 Å². The molecule has 1 unspecified atom stereocenters. The number of hydrogen-bond donors (Lipinski definition) is 2. The van der Waals surface area contributed by atoms with Crippen molar-refractivity contribution < 1.29 is 18.3 Å². The van der Waals surface area contributed by atoms with Gasteiger partial charge in [-0.2, -0.15) is 18.3 Å². The van der Waals surface area contributed by atoms with Crippen LogP contribution in [-0.2, 0) is 13.6 Å². The largest absolute Gasteiger partial charge is 0.415 e. The molecule has 1 aromatic heterocycles. The van der Waals surface area contributed by atoms with Crippen LogP contribution in [-0.4, -0.2) is 33.7 Å². The van der Waals surface area contributed by atoms with E-state index in [0.29, 0.717) is 0 Å². The molecule has 4 nitrogen and oxygen atoms in total. The summed E-state index contributed by atoms with van der Waals surface area (Å²) < 4.78 is 37.4. The van der Waals surface area contributed by atoms with Crippen molar-refractivity contribution in [3.05, 3.63) is 17.5 Å². The van der Waals surface area contributed by atoms with E-state index in [2.05, 4.69) is 10.4 Å². The fraction of sp³-hybridized carbons (Fsp3) is 0.667. The Bertz CT molecular complexity index is 348. The van der Waals surface area contributed by atoms with Crippen LogP contribution in [0, 0.1) is 6.92 Å². The molecule has 1 rings (SSSR count). The van der Waals surface area contributed by atoms with Crippen LogP contribution >= 0.6 is 0 Å². The molecule has 92 valence electrons. The summed E-state index contributed by atoms with van der Waals surface area (Å²) >= 11 is 0. The van der Waals surface area contributed by atoms with Crippen molar-refractivity contribution in [1.29, 1.82) is 0 Å². The lowest BCUT2D eigenvalue weighted by Gasteiger charge is -2.14. The molecule has 0 saturated heterocycles. The average Bonchev–Trinajstić information content (AvgIpc) is 2.43. The monoisotopic (exact) mass is 237 g/mol. The third-order valence-corrected chi connectivity index (χ3v) is 2.15. The maximum atomic E-state index is 12.0. The Kier molecular flexibility index (Phi) is 3.93. The van der Waals surface area contributed by atoms with Crippen molar-refractivity contribution in [3.63, 3.8) is 0 Å². The van der Waals surface area contributed by atoms with Gasteiger partial charge in [0.2, 0.25) is 0 Å². The standard InChI is InChI=1S/C9H14F3N3O/c1-6-7(5-15(2)14-6)3-13-4-8(16)9(10,11)12/h5,8,13,16H,3-4H2,1-2H3. The molecule has 0 bridgehead atoms. The number of halogens is 3. The molecule has 0 fully saturated rings. The van der Waals surface area contributed by atoms with Crippen LogP contribution in [0.25, 0.3) is 0 Å². The number of nitrogens with one attached hydrogen (secondary N) is 1. The molecule has 0 aliphatic heterocycles. The number of aryl methyl sites for hydroxylation is 2. The van der Waals surface area contributed by atoms with Crippen LogP contribution < -0.4 is 5.32 Å². The molecule has 0 radical (unpaired) electrons. The summed E-state index contributed by atoms with van der Waals surface area (Å²) in [7, 11) is 1.74. The second-order valence-electron chi connectivity index (χ2n) is 3.60. The van der Waals surface area contributed by atoms with Crippen LogP contribution in [0.4, 0.5) is 13.2 Å². The molecule has 0 amide bonds. The Morgan fingerprint density at radius 3 is 2.62 bits per heavy atom. The molecule has 0 aliphatic rings. The summed E-state index contributed by atoms with van der Waals surface area (Å²) in [6, 6.07) is 0. The highest BCUT2D eigenvalue weighted by molar-refractivity contribution is 5.14. The summed E-state index contributed by atoms with van der Waals surface area (Å²) in [5, 5.41) is 15.3. The van der Waals surface area contributed by atoms with E-state index < -0.39 is 18.8 Å². The molecule has 0 spiro atoms. The van der Waals surface area contributed by atoms with Crippen molar-refractivity contribution in [2.75, 3.05) is 6.54 Å². The zero-order chi connectivity index (χ0) is 12.3. The van der Waals surface area contributed by atoms with Gasteiger partial charge in [-0.3, -0.25) is 4.68 Å². The van der Waals surface area contributed by atoms with Crippen molar-refractivity contribution in [2.24, 2.45) is 7.05 Å². The maximum Gasteiger partial charge on any atom is 0.415 e. The van der Waals surface area contributed by atoms with Crippen LogP contribution in [0.2, 0.25) is 0 Å². The SMILES string of the molecule is Cc1nn(C)cc1CNCC(O)C(F)(F)F. The highest BCUT2D eigenvalue weighted by Crippen LogP contribution is 2.19. The van der Waals surface area contributed by atoms with Gasteiger partial charge in [0.05, 0.1) is 5.69 Å². The van der Waals surface area contributed by atoms with E-state index in [1.165, 1.54) is 0 Å². The number of hydrogen-bond acceptors (Lipinski definition) is 3. The first-order chi connectivity index (χ1) is 7.30. The first-order valence-corrected chi connectivity index (χ1v) is 4.75. The molecule has 16 heavy (non-hydrogen) atoms. The molecule has 1 aromatic rings. The normalized spacial score (nSPS) is 14.1. The summed E-state index contributed by atoms with van der Waals surface area (Å²) in [5.74, 6) is 0. The van der Waals surface area contributed by atoms with Gasteiger partial charge in [0.15, 0.2) is 6.10 Å². The minimum atomic E-state index is -4.57. The Morgan fingerprint density at radius 1 is 1.56 bits per heavy atom. The van der Waals surface area contributed by atoms with E-state index >= 15 is 0 Å². The van der Waals surface area contributed by atoms with Crippen LogP contribution in [0.1, 0.15) is 11.3 Å². The molecule has 0 saturated carbocycles. The number of nitrogens with zero attached hydrogens (tertiary/aromatic N) is 2. The van der Waals surface area contributed by atoms with Gasteiger partial charge in [-0.05, 0) is 6.92 Å². The molecular formula is C9H14F3N3O. The molecule has 7 heteroatoms. The van der Waals surface area contributed by atoms with E-state index in [9.17, 15) is 13.2 Å². The van der Waals surface area contributed by atoms with Gasteiger partial charge >= 0.3 is 6.18 Å². The van der Waals surface area contributed by atoms with Crippen molar-refractivity contribution in [3.8, 4) is 0 Å². The van der Waals surface area contributed by atoms with E-state index in [1.807, 2.05) is 0 Å². The predicted molar refractivity (Wildman–Crippen MR) is 51.7 cm³/mol.